The van der Waals surface area contributed by atoms with E-state index in [-0.39, 0.29) is 104 Å². The number of allylic oxidation sites excluding steroid dienone is 1. The Labute approximate surface area is 280 Å². The van der Waals surface area contributed by atoms with Crippen molar-refractivity contribution < 1.29 is 82.1 Å². The topological polar surface area (TPSA) is 208 Å². The molecule has 2 N–H and O–H groups in total. The number of hydrogen-bond donors (Lipinski definition) is 2. The first-order valence-corrected chi connectivity index (χ1v) is 13.1. The number of phenols is 1. The minimum Gasteiger partial charge on any atom is -0.744 e. The number of aryl methyl sites for hydroxylation is 1. The third-order valence-corrected chi connectivity index (χ3v) is 7.44. The molecule has 14 nitrogen and oxygen atoms in total. The van der Waals surface area contributed by atoms with Gasteiger partial charge in [0.15, 0.2) is 5.84 Å². The molecule has 2 heterocycles. The predicted octanol–water partition coefficient (Wildman–Crippen LogP) is -1.99. The van der Waals surface area contributed by atoms with Gasteiger partial charge in [-0.15, -0.1) is 15.6 Å². The van der Waals surface area contributed by atoms with Gasteiger partial charge < -0.3 is 15.0 Å². The van der Waals surface area contributed by atoms with Crippen LogP contribution in [0.4, 0.5) is 17.3 Å². The largest absolute Gasteiger partial charge is 1.00 e. The molecule has 19 heteroatoms. The summed E-state index contributed by atoms with van der Waals surface area (Å²) in [6.45, 7) is 1.59. The minimum atomic E-state index is -5.13. The summed E-state index contributed by atoms with van der Waals surface area (Å²) in [6, 6.07) is 6.61. The van der Waals surface area contributed by atoms with Gasteiger partial charge in [-0.25, -0.2) is 13.4 Å². The van der Waals surface area contributed by atoms with E-state index in [0.717, 1.165) is 18.0 Å². The molecule has 0 amide bonds. The van der Waals surface area contributed by atoms with Gasteiger partial charge >= 0.3 is 59.1 Å². The third-order valence-electron chi connectivity index (χ3n) is 5.43. The molecule has 2 unspecified atom stereocenters. The van der Waals surface area contributed by atoms with Crippen molar-refractivity contribution >= 4 is 67.6 Å². The van der Waals surface area contributed by atoms with Gasteiger partial charge in [0, 0.05) is 12.2 Å². The fourth-order valence-electron chi connectivity index (χ4n) is 3.80. The van der Waals surface area contributed by atoms with E-state index >= 15 is 0 Å². The van der Waals surface area contributed by atoms with Gasteiger partial charge in [-0.3, -0.25) is 10.1 Å². The van der Waals surface area contributed by atoms with Crippen LogP contribution in [0.25, 0.3) is 10.8 Å². The molecule has 0 radical (unpaired) electrons. The number of rotatable bonds is 5. The van der Waals surface area contributed by atoms with E-state index < -0.39 is 37.3 Å². The zero-order valence-corrected chi connectivity index (χ0v) is 27.3. The Morgan fingerprint density at radius 2 is 1.98 bits per heavy atom. The molecule has 40 heavy (non-hydrogen) atoms. The fraction of sp³-hybridized carbons (Fsp3) is 0.143. The van der Waals surface area contributed by atoms with E-state index in [1.54, 1.807) is 13.0 Å². The number of aromatic hydroxyl groups is 1. The Morgan fingerprint density at radius 3 is 2.65 bits per heavy atom. The summed E-state index contributed by atoms with van der Waals surface area (Å²) in [5, 5.41) is 32.9. The van der Waals surface area contributed by atoms with Crippen LogP contribution in [0, 0.1) is 29.0 Å². The molecule has 0 spiro atoms. The molecular weight excluding hydrogens is 606 g/mol. The molecule has 1 aromatic heterocycles. The number of fused-ring (bicyclic) bond motifs is 2. The van der Waals surface area contributed by atoms with Gasteiger partial charge in [0.05, 0.1) is 21.0 Å². The minimum absolute atomic E-state index is 0. The number of phenolic OH excluding ortho intramolecular Hbond substituents is 1. The molecule has 5 rings (SSSR count). The van der Waals surface area contributed by atoms with Crippen molar-refractivity contribution in [1.29, 1.82) is 0 Å². The SMILES string of the molecule is Cc1nc(Cl)nc(Nc2c[c-]cc3cc(S(=O)(=O)[O-])c(N=NC4=NSC5C=CC([N+](=O)[O-])=CC45)c(O)c23)n1.[Na+].[Na+]. The molecule has 2 aliphatic rings. The molecule has 0 fully saturated rings. The second-order valence-electron chi connectivity index (χ2n) is 7.91. The van der Waals surface area contributed by atoms with Crippen LogP contribution in [0.15, 0.2) is 61.6 Å². The maximum Gasteiger partial charge on any atom is 1.00 e. The zero-order valence-electron chi connectivity index (χ0n) is 20.9. The summed E-state index contributed by atoms with van der Waals surface area (Å²) < 4.78 is 40.4. The van der Waals surface area contributed by atoms with Gasteiger partial charge in [-0.2, -0.15) is 32.6 Å². The first kappa shape index (κ1) is 32.5. The molecule has 0 saturated carbocycles. The van der Waals surface area contributed by atoms with Crippen molar-refractivity contribution in [2.24, 2.45) is 20.5 Å². The van der Waals surface area contributed by atoms with E-state index in [1.165, 1.54) is 24.3 Å². The van der Waals surface area contributed by atoms with E-state index in [9.17, 15) is 28.2 Å². The molecule has 0 bridgehead atoms. The average molecular weight is 619 g/mol. The van der Waals surface area contributed by atoms with Crippen molar-refractivity contribution in [1.82, 2.24) is 15.0 Å². The van der Waals surface area contributed by atoms with Gasteiger partial charge in [-0.1, -0.05) is 23.2 Å². The third kappa shape index (κ3) is 6.73. The summed E-state index contributed by atoms with van der Waals surface area (Å²) in [6.07, 6.45) is 4.31. The number of hydrogen-bond acceptors (Lipinski definition) is 14. The zero-order chi connectivity index (χ0) is 27.2. The Hall–Kier alpha value is -1.99. The normalized spacial score (nSPS) is 18.0. The number of nitrogens with one attached hydrogen (secondary N) is 1. The van der Waals surface area contributed by atoms with Crippen molar-refractivity contribution in [3.8, 4) is 5.75 Å². The number of anilines is 2. The molecular formula is C21H13ClN8Na2O6S2. The Morgan fingerprint density at radius 1 is 1.23 bits per heavy atom. The predicted molar refractivity (Wildman–Crippen MR) is 136 cm³/mol. The smallest absolute Gasteiger partial charge is 0.744 e. The quantitative estimate of drug-likeness (QED) is 0.0608. The maximum absolute atomic E-state index is 12.1. The van der Waals surface area contributed by atoms with Crippen LogP contribution in [0.1, 0.15) is 5.82 Å². The standard InChI is InChI=1S/C21H14ClN8O6S2.2Na/c1-9-23-20(22)26-21(24-9)25-13-4-2-3-10-7-15(38(34,35)36)17(18(31)16(10)13)27-28-19-12-8-11(30(32)33)5-6-14(12)37-29-19;;/h3-8,12,14,31H,1H3,(H,34,35,36)(H,23,24,25,26);;/q-1;2*+1/p-1. The van der Waals surface area contributed by atoms with Crippen LogP contribution in [0.5, 0.6) is 5.75 Å². The van der Waals surface area contributed by atoms with E-state index in [0.29, 0.717) is 5.82 Å². The molecule has 1 aliphatic heterocycles. The second kappa shape index (κ2) is 12.9. The van der Waals surface area contributed by atoms with Crippen LogP contribution in [-0.2, 0) is 10.1 Å². The van der Waals surface area contributed by atoms with Crippen molar-refractivity contribution in [3.05, 3.63) is 69.4 Å². The van der Waals surface area contributed by atoms with Crippen LogP contribution in [-0.4, -0.2) is 49.0 Å². The number of halogens is 1. The van der Waals surface area contributed by atoms with Crippen molar-refractivity contribution in [2.45, 2.75) is 17.1 Å². The summed E-state index contributed by atoms with van der Waals surface area (Å²) in [5.74, 6) is -0.897. The van der Waals surface area contributed by atoms with Crippen molar-refractivity contribution in [2.75, 3.05) is 5.32 Å². The number of benzene rings is 2. The monoisotopic (exact) mass is 618 g/mol. The van der Waals surface area contributed by atoms with Gasteiger partial charge in [0.25, 0.3) is 5.70 Å². The Kier molecular flexibility index (Phi) is 10.5. The van der Waals surface area contributed by atoms with Crippen LogP contribution >= 0.6 is 23.5 Å². The maximum atomic E-state index is 12.1. The van der Waals surface area contributed by atoms with Gasteiger partial charge in [0.2, 0.25) is 11.2 Å². The number of aromatic nitrogens is 3. The van der Waals surface area contributed by atoms with Crippen LogP contribution in [0.3, 0.4) is 0 Å². The summed E-state index contributed by atoms with van der Waals surface area (Å²) >= 11 is 6.99. The Balaban J connectivity index is 0.00000220. The summed E-state index contributed by atoms with van der Waals surface area (Å²) in [7, 11) is -5.13. The summed E-state index contributed by atoms with van der Waals surface area (Å²) in [4.78, 5) is 21.7. The molecule has 2 aromatic carbocycles. The number of nitrogens with zero attached hydrogens (tertiary/aromatic N) is 7. The first-order valence-electron chi connectivity index (χ1n) is 10.5. The van der Waals surface area contributed by atoms with Gasteiger partial charge in [0.1, 0.15) is 27.4 Å². The average Bonchev–Trinajstić information content (AvgIpc) is 3.24. The van der Waals surface area contributed by atoms with E-state index in [1.807, 2.05) is 0 Å². The van der Waals surface area contributed by atoms with Crippen LogP contribution in [0.2, 0.25) is 5.28 Å². The molecule has 2 atom stereocenters. The van der Waals surface area contributed by atoms with Crippen LogP contribution < -0.4 is 64.4 Å². The Bertz CT molecular complexity index is 1730. The number of nitro groups is 1. The molecule has 3 aromatic rings. The molecule has 194 valence electrons. The number of amidine groups is 1. The fourth-order valence-corrected chi connectivity index (χ4v) is 5.52. The van der Waals surface area contributed by atoms with Gasteiger partial charge in [-0.05, 0) is 30.5 Å². The van der Waals surface area contributed by atoms with E-state index in [4.69, 9.17) is 11.6 Å². The van der Waals surface area contributed by atoms with E-state index in [2.05, 4.69) is 41.0 Å². The second-order valence-corrected chi connectivity index (χ2v) is 10.5. The first-order chi connectivity index (χ1) is 18.0. The molecule has 1 aliphatic carbocycles. The number of azo groups is 1. The van der Waals surface area contributed by atoms with Crippen molar-refractivity contribution in [3.63, 3.8) is 0 Å². The molecule has 0 saturated heterocycles. The summed E-state index contributed by atoms with van der Waals surface area (Å²) in [5.41, 5.74) is -0.598.